The zero-order chi connectivity index (χ0) is 22.7. The van der Waals surface area contributed by atoms with Crippen molar-refractivity contribution in [1.82, 2.24) is 10.2 Å². The smallest absolute Gasteiger partial charge is 0.165 e. The Morgan fingerprint density at radius 3 is 2.75 bits per heavy atom. The molecule has 1 aliphatic rings. The van der Waals surface area contributed by atoms with Crippen LogP contribution >= 0.6 is 22.9 Å². The molecule has 1 aromatic heterocycles. The number of nitrogens with two attached hydrogens (primary N) is 1. The minimum absolute atomic E-state index is 0.0514. The number of aliphatic hydroxyl groups excluding tert-OH is 1. The molecule has 0 unspecified atom stereocenters. The lowest BCUT2D eigenvalue weighted by atomic mass is 10.1. The summed E-state index contributed by atoms with van der Waals surface area (Å²) in [7, 11) is 0. The summed E-state index contributed by atoms with van der Waals surface area (Å²) in [4.78, 5) is 0. The van der Waals surface area contributed by atoms with Crippen molar-refractivity contribution in [2.24, 2.45) is 5.73 Å². The van der Waals surface area contributed by atoms with Gasteiger partial charge in [-0.05, 0) is 24.3 Å². The van der Waals surface area contributed by atoms with Crippen LogP contribution in [0.25, 0.3) is 21.1 Å². The highest BCUT2D eigenvalue weighted by Gasteiger charge is 2.22. The third-order valence-electron chi connectivity index (χ3n) is 4.61. The summed E-state index contributed by atoms with van der Waals surface area (Å²) in [5.41, 5.74) is 6.98. The normalized spacial score (nSPS) is 14.5. The van der Waals surface area contributed by atoms with E-state index >= 15 is 0 Å². The first-order valence-electron chi connectivity index (χ1n) is 9.59. The number of nitriles is 1. The van der Waals surface area contributed by atoms with Gasteiger partial charge in [0, 0.05) is 17.2 Å². The van der Waals surface area contributed by atoms with Crippen LogP contribution in [-0.4, -0.2) is 53.9 Å². The van der Waals surface area contributed by atoms with E-state index in [4.69, 9.17) is 36.7 Å². The van der Waals surface area contributed by atoms with Crippen molar-refractivity contribution in [2.75, 3.05) is 26.4 Å². The topological polar surface area (TPSA) is 124 Å². The second-order valence-electron chi connectivity index (χ2n) is 7.03. The van der Waals surface area contributed by atoms with E-state index < -0.39 is 11.9 Å². The monoisotopic (exact) mass is 476 g/mol. The Labute approximate surface area is 191 Å². The maximum absolute atomic E-state index is 14.5. The van der Waals surface area contributed by atoms with Crippen LogP contribution in [-0.2, 0) is 4.74 Å². The van der Waals surface area contributed by atoms with Crippen molar-refractivity contribution in [2.45, 2.75) is 12.1 Å². The summed E-state index contributed by atoms with van der Waals surface area (Å²) in [6.07, 6.45) is -0.0514. The maximum Gasteiger partial charge on any atom is 0.165 e. The molecule has 1 aliphatic heterocycles. The third kappa shape index (κ3) is 4.82. The molecule has 0 aliphatic carbocycles. The van der Waals surface area contributed by atoms with Gasteiger partial charge >= 0.3 is 0 Å². The van der Waals surface area contributed by atoms with Gasteiger partial charge in [0.25, 0.3) is 0 Å². The second kappa shape index (κ2) is 9.77. The summed E-state index contributed by atoms with van der Waals surface area (Å²) in [6.45, 7) is 0.668. The lowest BCUT2D eigenvalue weighted by Gasteiger charge is -2.27. The fourth-order valence-electron chi connectivity index (χ4n) is 2.82. The lowest BCUT2D eigenvalue weighted by Crippen LogP contribution is -2.38. The van der Waals surface area contributed by atoms with Crippen molar-refractivity contribution < 1.29 is 23.7 Å². The number of benzene rings is 2. The van der Waals surface area contributed by atoms with Crippen LogP contribution in [0.2, 0.25) is 5.02 Å². The number of ether oxygens (including phenoxy) is 3. The number of halogens is 2. The average molecular weight is 477 g/mol. The van der Waals surface area contributed by atoms with Crippen LogP contribution < -0.4 is 15.2 Å². The molecule has 8 nitrogen and oxygen atoms in total. The Morgan fingerprint density at radius 1 is 1.28 bits per heavy atom. The molecule has 0 saturated carbocycles. The number of aromatic nitrogens is 2. The second-order valence-corrected chi connectivity index (χ2v) is 8.41. The van der Waals surface area contributed by atoms with Crippen LogP contribution in [0, 0.1) is 17.1 Å². The number of hydrogen-bond donors (Lipinski definition) is 2. The summed E-state index contributed by atoms with van der Waals surface area (Å²) in [6, 6.07) is 9.21. The standard InChI is InChI=1S/C21H18ClFN4O4S/c22-16-5-19(30-8-13(25)7-28)17(23)4-15(16)21-27-26-20(32-21)11-1-2-18(12(3-11)6-24)31-14-9-29-10-14/h1-5,13-14,28H,7-10,25H2/t13-/m0/s1. The first kappa shape index (κ1) is 22.4. The Balaban J connectivity index is 1.56. The Bertz CT molecular complexity index is 1170. The van der Waals surface area contributed by atoms with Gasteiger partial charge in [-0.15, -0.1) is 10.2 Å². The molecule has 11 heteroatoms. The van der Waals surface area contributed by atoms with E-state index in [1.807, 2.05) is 0 Å². The minimum atomic E-state index is -0.639. The van der Waals surface area contributed by atoms with E-state index in [1.165, 1.54) is 23.5 Å². The Kier molecular flexibility index (Phi) is 6.83. The average Bonchev–Trinajstić information content (AvgIpc) is 3.26. The molecule has 3 aromatic rings. The van der Waals surface area contributed by atoms with Gasteiger partial charge in [0.15, 0.2) is 11.6 Å². The van der Waals surface area contributed by atoms with Crippen molar-refractivity contribution >= 4 is 22.9 Å². The van der Waals surface area contributed by atoms with Crippen LogP contribution in [0.5, 0.6) is 11.5 Å². The Hall–Kier alpha value is -2.81. The van der Waals surface area contributed by atoms with Crippen LogP contribution in [0.4, 0.5) is 4.39 Å². The number of aliphatic hydroxyl groups is 1. The molecule has 1 saturated heterocycles. The summed E-state index contributed by atoms with van der Waals surface area (Å²) < 4.78 is 30.6. The maximum atomic E-state index is 14.5. The van der Waals surface area contributed by atoms with Gasteiger partial charge in [0.1, 0.15) is 34.5 Å². The summed E-state index contributed by atoms with van der Waals surface area (Å²) >= 11 is 7.53. The zero-order valence-electron chi connectivity index (χ0n) is 16.6. The molecule has 4 rings (SSSR count). The Morgan fingerprint density at radius 2 is 2.06 bits per heavy atom. The van der Waals surface area contributed by atoms with Gasteiger partial charge in [-0.25, -0.2) is 4.39 Å². The van der Waals surface area contributed by atoms with Crippen molar-refractivity contribution in [3.05, 3.63) is 46.7 Å². The van der Waals surface area contributed by atoms with E-state index in [-0.39, 0.29) is 30.1 Å². The molecule has 1 fully saturated rings. The van der Waals surface area contributed by atoms with E-state index in [9.17, 15) is 9.65 Å². The molecule has 32 heavy (non-hydrogen) atoms. The van der Waals surface area contributed by atoms with E-state index in [2.05, 4.69) is 16.3 Å². The van der Waals surface area contributed by atoms with E-state index in [0.717, 1.165) is 0 Å². The molecule has 0 spiro atoms. The SMILES string of the molecule is N#Cc1cc(-c2nnc(-c3cc(F)c(OC[C@@H](N)CO)cc3Cl)s2)ccc1OC1COC1. The van der Waals surface area contributed by atoms with E-state index in [1.54, 1.807) is 18.2 Å². The number of nitrogens with zero attached hydrogens (tertiary/aromatic N) is 3. The highest BCUT2D eigenvalue weighted by Crippen LogP contribution is 2.38. The molecule has 0 bridgehead atoms. The predicted octanol–water partition coefficient (Wildman–Crippen LogP) is 3.01. The highest BCUT2D eigenvalue weighted by molar-refractivity contribution is 7.18. The fourth-order valence-corrected chi connectivity index (χ4v) is 3.99. The molecule has 2 aromatic carbocycles. The van der Waals surface area contributed by atoms with Crippen molar-refractivity contribution in [1.29, 1.82) is 5.26 Å². The van der Waals surface area contributed by atoms with Gasteiger partial charge in [0.2, 0.25) is 0 Å². The van der Waals surface area contributed by atoms with Crippen LogP contribution in [0.1, 0.15) is 5.56 Å². The molecular formula is C21H18ClFN4O4S. The van der Waals surface area contributed by atoms with Gasteiger partial charge < -0.3 is 25.1 Å². The van der Waals surface area contributed by atoms with E-state index in [0.29, 0.717) is 45.7 Å². The molecule has 1 atom stereocenters. The van der Waals surface area contributed by atoms with Crippen LogP contribution in [0.15, 0.2) is 30.3 Å². The minimum Gasteiger partial charge on any atom is -0.489 e. The highest BCUT2D eigenvalue weighted by atomic mass is 35.5. The lowest BCUT2D eigenvalue weighted by molar-refractivity contribution is -0.0797. The zero-order valence-corrected chi connectivity index (χ0v) is 18.2. The largest absolute Gasteiger partial charge is 0.489 e. The molecule has 166 valence electrons. The van der Waals surface area contributed by atoms with Gasteiger partial charge in [-0.2, -0.15) is 5.26 Å². The van der Waals surface area contributed by atoms with Gasteiger partial charge in [-0.1, -0.05) is 22.9 Å². The van der Waals surface area contributed by atoms with Gasteiger partial charge in [-0.3, -0.25) is 0 Å². The van der Waals surface area contributed by atoms with Gasteiger partial charge in [0.05, 0.1) is 36.4 Å². The molecule has 3 N–H and O–H groups in total. The molecule has 0 amide bonds. The molecule has 2 heterocycles. The fraction of sp³-hybridized carbons (Fsp3) is 0.286. The number of hydrogen-bond acceptors (Lipinski definition) is 9. The predicted molar refractivity (Wildman–Crippen MR) is 116 cm³/mol. The van der Waals surface area contributed by atoms with Crippen LogP contribution in [0.3, 0.4) is 0 Å². The number of rotatable bonds is 8. The van der Waals surface area contributed by atoms with Crippen molar-refractivity contribution in [3.63, 3.8) is 0 Å². The first-order valence-corrected chi connectivity index (χ1v) is 10.8. The summed E-state index contributed by atoms with van der Waals surface area (Å²) in [5, 5.41) is 27.9. The molecular weight excluding hydrogens is 459 g/mol. The first-order chi connectivity index (χ1) is 15.5. The third-order valence-corrected chi connectivity index (χ3v) is 5.93. The van der Waals surface area contributed by atoms with Crippen molar-refractivity contribution in [3.8, 4) is 38.7 Å². The quantitative estimate of drug-likeness (QED) is 0.508. The molecule has 0 radical (unpaired) electrons. The summed E-state index contributed by atoms with van der Waals surface area (Å²) in [5.74, 6) is -0.228.